The van der Waals surface area contributed by atoms with E-state index in [9.17, 15) is 19.2 Å². The maximum atomic E-state index is 13.7. The number of benzene rings is 3. The molecular weight excluding hydrogens is 546 g/mol. The van der Waals surface area contributed by atoms with Crippen molar-refractivity contribution < 1.29 is 19.2 Å². The summed E-state index contributed by atoms with van der Waals surface area (Å²) in [5, 5.41) is 8.26. The molecule has 3 atom stereocenters. The molecule has 43 heavy (non-hydrogen) atoms. The van der Waals surface area contributed by atoms with Gasteiger partial charge in [0.25, 0.3) is 5.91 Å². The lowest BCUT2D eigenvalue weighted by Gasteiger charge is -2.25. The van der Waals surface area contributed by atoms with Crippen LogP contribution in [0.15, 0.2) is 89.9 Å². The van der Waals surface area contributed by atoms with E-state index in [0.717, 1.165) is 5.56 Å². The molecule has 0 unspecified atom stereocenters. The Morgan fingerprint density at radius 1 is 0.744 bits per heavy atom. The second-order valence-electron chi connectivity index (χ2n) is 10.1. The van der Waals surface area contributed by atoms with Crippen molar-refractivity contribution >= 4 is 35.2 Å². The van der Waals surface area contributed by atoms with Crippen LogP contribution in [0.4, 0.5) is 5.69 Å². The number of nitrogens with two attached hydrogens (primary N) is 3. The summed E-state index contributed by atoms with van der Waals surface area (Å²) in [6.07, 6.45) is 1.58. The molecule has 3 rings (SSSR count). The predicted molar refractivity (Wildman–Crippen MR) is 166 cm³/mol. The van der Waals surface area contributed by atoms with Crippen LogP contribution >= 0.6 is 0 Å². The highest BCUT2D eigenvalue weighted by Crippen LogP contribution is 2.16. The van der Waals surface area contributed by atoms with E-state index >= 15 is 0 Å². The van der Waals surface area contributed by atoms with Gasteiger partial charge in [-0.1, -0.05) is 60.7 Å². The fraction of sp³-hybridized carbons (Fsp3) is 0.281. The summed E-state index contributed by atoms with van der Waals surface area (Å²) in [6.45, 7) is 2.09. The van der Waals surface area contributed by atoms with E-state index < -0.39 is 41.8 Å². The Morgan fingerprint density at radius 3 is 1.93 bits per heavy atom. The number of unbranched alkanes of at least 4 members (excludes halogenated alkanes) is 1. The van der Waals surface area contributed by atoms with Gasteiger partial charge in [0.1, 0.15) is 18.1 Å². The first-order chi connectivity index (χ1) is 20.7. The molecule has 9 N–H and O–H groups in total. The van der Waals surface area contributed by atoms with Gasteiger partial charge >= 0.3 is 0 Å². The number of rotatable bonds is 15. The number of amidine groups is 1. The van der Waals surface area contributed by atoms with Gasteiger partial charge in [-0.3, -0.25) is 19.2 Å². The molecule has 0 spiro atoms. The lowest BCUT2D eigenvalue weighted by atomic mass is 10.0. The average Bonchev–Trinajstić information content (AvgIpc) is 3.00. The molecule has 0 aliphatic carbocycles. The van der Waals surface area contributed by atoms with Gasteiger partial charge in [-0.05, 0) is 68.1 Å². The Kier molecular flexibility index (Phi) is 12.4. The zero-order valence-corrected chi connectivity index (χ0v) is 24.2. The van der Waals surface area contributed by atoms with Crippen molar-refractivity contribution in [3.05, 3.63) is 102 Å². The SMILES string of the molecule is CC(N)=Nc1ccc(C[C@H](NC(=O)c2ccccc2)C(=O)N[C@@H](CCCCN)C(=O)N[C@H](C(N)=O)c2ccccc2)cc1. The minimum Gasteiger partial charge on any atom is -0.387 e. The van der Waals surface area contributed by atoms with Crippen LogP contribution in [-0.4, -0.2) is 48.1 Å². The molecule has 0 fully saturated rings. The van der Waals surface area contributed by atoms with E-state index in [2.05, 4.69) is 20.9 Å². The van der Waals surface area contributed by atoms with E-state index in [0.29, 0.717) is 42.0 Å². The Balaban J connectivity index is 1.84. The second-order valence-corrected chi connectivity index (χ2v) is 10.1. The van der Waals surface area contributed by atoms with Gasteiger partial charge in [0, 0.05) is 12.0 Å². The summed E-state index contributed by atoms with van der Waals surface area (Å²) in [5.74, 6) is -1.91. The summed E-state index contributed by atoms with van der Waals surface area (Å²) in [6, 6.07) is 21.1. The van der Waals surface area contributed by atoms with Crippen molar-refractivity contribution in [2.75, 3.05) is 6.54 Å². The van der Waals surface area contributed by atoms with Crippen LogP contribution in [0.5, 0.6) is 0 Å². The lowest BCUT2D eigenvalue weighted by molar-refractivity contribution is -0.132. The molecule has 0 saturated heterocycles. The third kappa shape index (κ3) is 10.4. The van der Waals surface area contributed by atoms with Crippen molar-refractivity contribution in [2.45, 2.75) is 50.7 Å². The number of aliphatic imine (C=N–C) groups is 1. The molecule has 0 bridgehead atoms. The summed E-state index contributed by atoms with van der Waals surface area (Å²) < 4.78 is 0. The number of primary amides is 1. The highest BCUT2D eigenvalue weighted by atomic mass is 16.2. The van der Waals surface area contributed by atoms with Gasteiger partial charge in [-0.15, -0.1) is 0 Å². The number of carbonyl (C=O) groups excluding carboxylic acids is 4. The van der Waals surface area contributed by atoms with Crippen LogP contribution in [0.3, 0.4) is 0 Å². The quantitative estimate of drug-likeness (QED) is 0.0896. The van der Waals surface area contributed by atoms with Crippen LogP contribution < -0.4 is 33.2 Å². The van der Waals surface area contributed by atoms with Crippen LogP contribution in [0.2, 0.25) is 0 Å². The van der Waals surface area contributed by atoms with E-state index in [1.807, 2.05) is 0 Å². The molecule has 0 saturated carbocycles. The van der Waals surface area contributed by atoms with Gasteiger partial charge in [-0.2, -0.15) is 0 Å². The minimum atomic E-state index is -1.09. The van der Waals surface area contributed by atoms with Crippen LogP contribution in [-0.2, 0) is 20.8 Å². The number of nitrogens with zero attached hydrogens (tertiary/aromatic N) is 1. The van der Waals surface area contributed by atoms with Gasteiger partial charge in [0.2, 0.25) is 17.7 Å². The van der Waals surface area contributed by atoms with Crippen LogP contribution in [0, 0.1) is 0 Å². The first kappa shape index (κ1) is 32.5. The van der Waals surface area contributed by atoms with Gasteiger partial charge in [0.05, 0.1) is 11.5 Å². The third-order valence-electron chi connectivity index (χ3n) is 6.62. The summed E-state index contributed by atoms with van der Waals surface area (Å²) >= 11 is 0. The first-order valence-electron chi connectivity index (χ1n) is 14.1. The Labute approximate surface area is 251 Å². The van der Waals surface area contributed by atoms with Crippen molar-refractivity contribution in [1.29, 1.82) is 0 Å². The molecule has 226 valence electrons. The number of hydrogen-bond acceptors (Lipinski definition) is 6. The Morgan fingerprint density at radius 2 is 1.35 bits per heavy atom. The number of amides is 4. The monoisotopic (exact) mass is 585 g/mol. The fourth-order valence-electron chi connectivity index (χ4n) is 4.43. The van der Waals surface area contributed by atoms with E-state index in [4.69, 9.17) is 17.2 Å². The smallest absolute Gasteiger partial charge is 0.251 e. The van der Waals surface area contributed by atoms with E-state index in [1.54, 1.807) is 91.9 Å². The van der Waals surface area contributed by atoms with Crippen LogP contribution in [0.1, 0.15) is 53.7 Å². The summed E-state index contributed by atoms with van der Waals surface area (Å²) in [7, 11) is 0. The maximum Gasteiger partial charge on any atom is 0.251 e. The number of hydrogen-bond donors (Lipinski definition) is 6. The van der Waals surface area contributed by atoms with Crippen molar-refractivity contribution in [3.8, 4) is 0 Å². The molecule has 11 heteroatoms. The average molecular weight is 586 g/mol. The summed E-state index contributed by atoms with van der Waals surface area (Å²) in [5.41, 5.74) is 19.2. The molecule has 0 radical (unpaired) electrons. The normalized spacial score (nSPS) is 13.3. The molecule has 0 aliphatic rings. The van der Waals surface area contributed by atoms with Gasteiger partial charge in [0.15, 0.2) is 0 Å². The zero-order chi connectivity index (χ0) is 31.2. The molecular formula is C32H39N7O4. The first-order valence-corrected chi connectivity index (χ1v) is 14.1. The third-order valence-corrected chi connectivity index (χ3v) is 6.62. The number of carbonyl (C=O) groups is 4. The minimum absolute atomic E-state index is 0.140. The van der Waals surface area contributed by atoms with Crippen molar-refractivity contribution in [2.24, 2.45) is 22.2 Å². The second kappa shape index (κ2) is 16.4. The lowest BCUT2D eigenvalue weighted by Crippen LogP contribution is -2.55. The summed E-state index contributed by atoms with van der Waals surface area (Å²) in [4.78, 5) is 56.7. The maximum absolute atomic E-state index is 13.7. The topological polar surface area (TPSA) is 195 Å². The molecule has 3 aromatic carbocycles. The molecule has 0 aliphatic heterocycles. The van der Waals surface area contributed by atoms with Gasteiger partial charge in [-0.25, -0.2) is 4.99 Å². The standard InChI is InChI=1S/C32H39N7O4/c1-21(34)36-25-17-15-22(16-18-25)20-27(38-30(41)24-12-6-3-7-13-24)32(43)37-26(14-8-9-19-33)31(42)39-28(29(35)40)23-10-4-2-5-11-23/h2-7,10-13,15-18,26-28H,8-9,14,19-20,33H2,1H3,(H2,34,36)(H2,35,40)(H,37,43)(H,38,41)(H,39,42)/t26-,27-,28-/m0/s1. The predicted octanol–water partition coefficient (Wildman–Crippen LogP) is 1.99. The highest BCUT2D eigenvalue weighted by molar-refractivity contribution is 5.99. The molecule has 4 amide bonds. The van der Waals surface area contributed by atoms with Crippen molar-refractivity contribution in [3.63, 3.8) is 0 Å². The fourth-order valence-corrected chi connectivity index (χ4v) is 4.43. The molecule has 11 nitrogen and oxygen atoms in total. The van der Waals surface area contributed by atoms with E-state index in [-0.39, 0.29) is 12.8 Å². The molecule has 0 heterocycles. The Hall–Kier alpha value is -5.03. The molecule has 0 aromatic heterocycles. The van der Waals surface area contributed by atoms with E-state index in [1.165, 1.54) is 0 Å². The van der Waals surface area contributed by atoms with Gasteiger partial charge < -0.3 is 33.2 Å². The van der Waals surface area contributed by atoms with Crippen molar-refractivity contribution in [1.82, 2.24) is 16.0 Å². The number of nitrogens with one attached hydrogen (secondary N) is 3. The Bertz CT molecular complexity index is 1390. The van der Waals surface area contributed by atoms with Crippen LogP contribution in [0.25, 0.3) is 0 Å². The molecule has 3 aromatic rings. The zero-order valence-electron chi connectivity index (χ0n) is 24.2. The highest BCUT2D eigenvalue weighted by Gasteiger charge is 2.30. The largest absolute Gasteiger partial charge is 0.387 e.